The van der Waals surface area contributed by atoms with Crippen molar-refractivity contribution >= 4 is 10.9 Å². The van der Waals surface area contributed by atoms with Gasteiger partial charge in [-0.3, -0.25) is 4.98 Å². The average molecular weight is 446 g/mol. The molecule has 3 saturated heterocycles. The van der Waals surface area contributed by atoms with E-state index in [1.807, 2.05) is 36.5 Å². The molecule has 5 nitrogen and oxygen atoms in total. The predicted molar refractivity (Wildman–Crippen MR) is 130 cm³/mol. The molecule has 3 aliphatic heterocycles. The standard InChI is InChI=1S/C28H33N2O3/c1-4-20-18-30(17-19-6-5-7-22(14-19)32-2)13-11-21(20)15-27(30)28(31)24-10-12-29-26-9-8-23(33-3)16-25(24)26/h4-10,12,14,16,20-21,27-28,31H,1,11,13,15,17-18H2,2-3H3/q+1/t20?,21?,27?,28-,30?/m1/s1. The molecular weight excluding hydrogens is 412 g/mol. The van der Waals surface area contributed by atoms with Crippen molar-refractivity contribution < 1.29 is 19.1 Å². The molecule has 5 heteroatoms. The van der Waals surface area contributed by atoms with Crippen LogP contribution in [0, 0.1) is 11.8 Å². The summed E-state index contributed by atoms with van der Waals surface area (Å²) in [6, 6.07) is 16.3. The molecule has 0 spiro atoms. The number of hydrogen-bond donors (Lipinski definition) is 1. The van der Waals surface area contributed by atoms with E-state index in [4.69, 9.17) is 9.47 Å². The van der Waals surface area contributed by atoms with Crippen molar-refractivity contribution in [2.45, 2.75) is 31.5 Å². The predicted octanol–water partition coefficient (Wildman–Crippen LogP) is 4.90. The van der Waals surface area contributed by atoms with E-state index >= 15 is 0 Å². The summed E-state index contributed by atoms with van der Waals surface area (Å²) in [5.41, 5.74) is 3.07. The largest absolute Gasteiger partial charge is 0.497 e. The summed E-state index contributed by atoms with van der Waals surface area (Å²) in [5.74, 6) is 2.72. The van der Waals surface area contributed by atoms with Crippen LogP contribution in [-0.2, 0) is 6.54 Å². The molecule has 5 atom stereocenters. The summed E-state index contributed by atoms with van der Waals surface area (Å²) in [6.45, 7) is 7.10. The quantitative estimate of drug-likeness (QED) is 0.415. The zero-order valence-electron chi connectivity index (χ0n) is 19.5. The fourth-order valence-corrected chi connectivity index (χ4v) is 6.25. The molecule has 4 unspecified atom stereocenters. The van der Waals surface area contributed by atoms with Crippen LogP contribution in [0.5, 0.6) is 11.5 Å². The summed E-state index contributed by atoms with van der Waals surface area (Å²) >= 11 is 0. The van der Waals surface area contributed by atoms with E-state index in [0.29, 0.717) is 11.8 Å². The van der Waals surface area contributed by atoms with Gasteiger partial charge in [0.2, 0.25) is 0 Å². The van der Waals surface area contributed by atoms with Crippen molar-refractivity contribution in [1.29, 1.82) is 0 Å². The van der Waals surface area contributed by atoms with Crippen molar-refractivity contribution in [2.75, 3.05) is 27.3 Å². The Balaban J connectivity index is 1.56. The topological polar surface area (TPSA) is 51.6 Å². The zero-order chi connectivity index (χ0) is 23.0. The highest BCUT2D eigenvalue weighted by Gasteiger charge is 2.54. The maximum absolute atomic E-state index is 11.9. The van der Waals surface area contributed by atoms with Gasteiger partial charge in [0.25, 0.3) is 0 Å². The highest BCUT2D eigenvalue weighted by molar-refractivity contribution is 5.83. The number of piperidine rings is 3. The molecule has 1 N–H and O–H groups in total. The van der Waals surface area contributed by atoms with Crippen LogP contribution in [0.3, 0.4) is 0 Å². The number of rotatable bonds is 7. The number of aliphatic hydroxyl groups excluding tert-OH is 1. The monoisotopic (exact) mass is 445 g/mol. The van der Waals surface area contributed by atoms with E-state index < -0.39 is 6.10 Å². The first kappa shape index (κ1) is 21.9. The van der Waals surface area contributed by atoms with Gasteiger partial charge in [-0.25, -0.2) is 0 Å². The lowest BCUT2D eigenvalue weighted by molar-refractivity contribution is -0.984. The Hall–Kier alpha value is -2.89. The zero-order valence-corrected chi connectivity index (χ0v) is 19.5. The number of aromatic nitrogens is 1. The minimum atomic E-state index is -0.582. The Labute approximate surface area is 195 Å². The van der Waals surface area contributed by atoms with E-state index in [2.05, 4.69) is 35.8 Å². The summed E-state index contributed by atoms with van der Waals surface area (Å²) in [7, 11) is 3.38. The Bertz CT molecular complexity index is 1160. The van der Waals surface area contributed by atoms with Gasteiger partial charge in [-0.05, 0) is 47.9 Å². The first-order valence-electron chi connectivity index (χ1n) is 11.8. The molecule has 6 rings (SSSR count). The van der Waals surface area contributed by atoms with Crippen LogP contribution < -0.4 is 9.47 Å². The highest BCUT2D eigenvalue weighted by Crippen LogP contribution is 2.48. The third-order valence-corrected chi connectivity index (χ3v) is 7.97. The second kappa shape index (κ2) is 8.81. The molecule has 2 aromatic carbocycles. The van der Waals surface area contributed by atoms with Gasteiger partial charge < -0.3 is 19.1 Å². The maximum Gasteiger partial charge on any atom is 0.131 e. The van der Waals surface area contributed by atoms with Crippen LogP contribution >= 0.6 is 0 Å². The highest BCUT2D eigenvalue weighted by atomic mass is 16.5. The number of aliphatic hydroxyl groups is 1. The second-order valence-electron chi connectivity index (χ2n) is 9.61. The SMILES string of the molecule is C=CC1C[N+]2(Cc3cccc(OC)c3)CCC1CC2[C@H](O)c1ccnc2ccc(OC)cc12. The smallest absolute Gasteiger partial charge is 0.131 e. The molecular formula is C28H33N2O3+. The van der Waals surface area contributed by atoms with Crippen LogP contribution in [-0.4, -0.2) is 47.9 Å². The molecule has 1 aromatic heterocycles. The van der Waals surface area contributed by atoms with Crippen LogP contribution in [0.15, 0.2) is 67.4 Å². The van der Waals surface area contributed by atoms with E-state index in [1.165, 1.54) is 12.0 Å². The number of quaternary nitrogens is 1. The van der Waals surface area contributed by atoms with Crippen molar-refractivity contribution in [1.82, 2.24) is 4.98 Å². The summed E-state index contributed by atoms with van der Waals surface area (Å²) in [5, 5.41) is 12.9. The van der Waals surface area contributed by atoms with E-state index in [9.17, 15) is 5.11 Å². The number of nitrogens with zero attached hydrogens (tertiary/aromatic N) is 2. The molecule has 0 aliphatic carbocycles. The lowest BCUT2D eigenvalue weighted by Gasteiger charge is -2.58. The minimum absolute atomic E-state index is 0.114. The number of hydrogen-bond acceptors (Lipinski definition) is 4. The molecule has 3 aliphatic rings. The third kappa shape index (κ3) is 3.90. The Morgan fingerprint density at radius 3 is 2.76 bits per heavy atom. The van der Waals surface area contributed by atoms with E-state index in [1.54, 1.807) is 14.2 Å². The van der Waals surface area contributed by atoms with Crippen molar-refractivity contribution in [3.8, 4) is 11.5 Å². The Morgan fingerprint density at radius 1 is 1.15 bits per heavy atom. The van der Waals surface area contributed by atoms with Gasteiger partial charge in [0, 0.05) is 35.9 Å². The summed E-state index contributed by atoms with van der Waals surface area (Å²) in [6.07, 6.45) is 5.53. The van der Waals surface area contributed by atoms with Gasteiger partial charge in [0.05, 0.1) is 32.8 Å². The van der Waals surface area contributed by atoms with Crippen LogP contribution in [0.1, 0.15) is 30.1 Å². The average Bonchev–Trinajstić information content (AvgIpc) is 2.87. The molecule has 3 fully saturated rings. The summed E-state index contributed by atoms with van der Waals surface area (Å²) in [4.78, 5) is 4.52. The van der Waals surface area contributed by atoms with Crippen molar-refractivity contribution in [3.05, 3.63) is 78.5 Å². The third-order valence-electron chi connectivity index (χ3n) is 7.97. The van der Waals surface area contributed by atoms with Gasteiger partial charge in [-0.15, -0.1) is 6.58 Å². The Morgan fingerprint density at radius 2 is 1.97 bits per heavy atom. The number of ether oxygens (including phenoxy) is 2. The van der Waals surface area contributed by atoms with Gasteiger partial charge in [-0.1, -0.05) is 18.2 Å². The molecule has 0 radical (unpaired) electrons. The number of fused-ring (bicyclic) bond motifs is 4. The molecule has 4 heterocycles. The molecule has 0 saturated carbocycles. The van der Waals surface area contributed by atoms with Gasteiger partial charge in [0.1, 0.15) is 30.2 Å². The van der Waals surface area contributed by atoms with Crippen molar-refractivity contribution in [3.63, 3.8) is 0 Å². The normalized spacial score (nSPS) is 27.3. The molecule has 3 aromatic rings. The summed E-state index contributed by atoms with van der Waals surface area (Å²) < 4.78 is 11.8. The fraction of sp³-hybridized carbons (Fsp3) is 0.393. The molecule has 33 heavy (non-hydrogen) atoms. The lowest BCUT2D eigenvalue weighted by atomic mass is 9.71. The van der Waals surface area contributed by atoms with E-state index in [0.717, 1.165) is 58.5 Å². The van der Waals surface area contributed by atoms with Crippen molar-refractivity contribution in [2.24, 2.45) is 11.8 Å². The molecule has 2 bridgehead atoms. The number of methoxy groups -OCH3 is 2. The van der Waals surface area contributed by atoms with Gasteiger partial charge in [-0.2, -0.15) is 0 Å². The Kier molecular flexibility index (Phi) is 5.85. The molecule has 172 valence electrons. The van der Waals surface area contributed by atoms with Gasteiger partial charge >= 0.3 is 0 Å². The van der Waals surface area contributed by atoms with Crippen LogP contribution in [0.25, 0.3) is 10.9 Å². The van der Waals surface area contributed by atoms with Crippen LogP contribution in [0.4, 0.5) is 0 Å². The first-order chi connectivity index (χ1) is 16.1. The van der Waals surface area contributed by atoms with Gasteiger partial charge in [0.15, 0.2) is 0 Å². The van der Waals surface area contributed by atoms with E-state index in [-0.39, 0.29) is 6.04 Å². The number of pyridine rings is 1. The first-order valence-corrected chi connectivity index (χ1v) is 11.8. The minimum Gasteiger partial charge on any atom is -0.497 e. The fourth-order valence-electron chi connectivity index (χ4n) is 6.25. The van der Waals surface area contributed by atoms with Crippen LogP contribution in [0.2, 0.25) is 0 Å². The second-order valence-corrected chi connectivity index (χ2v) is 9.61. The lowest BCUT2D eigenvalue weighted by Crippen LogP contribution is -2.67. The maximum atomic E-state index is 11.9. The number of benzene rings is 2. The molecule has 0 amide bonds.